The molecule has 86 valence electrons. The molecule has 0 aliphatic rings. The fourth-order valence-corrected chi connectivity index (χ4v) is 0.880. The van der Waals surface area contributed by atoms with Crippen molar-refractivity contribution in [3.63, 3.8) is 0 Å². The van der Waals surface area contributed by atoms with Crippen LogP contribution in [0.1, 0.15) is 13.8 Å². The minimum atomic E-state index is 0.583. The van der Waals surface area contributed by atoms with E-state index in [1.165, 1.54) is 0 Å². The van der Waals surface area contributed by atoms with E-state index in [2.05, 4.69) is 15.6 Å². The smallest absolute Gasteiger partial charge is 0.126 e. The number of likely N-dealkylation sites (N-methyl/N-ethyl adjacent to an activating group) is 1. The molecule has 5 nitrogen and oxygen atoms in total. The largest absolute Gasteiger partial charge is 0.369 e. The molecule has 0 unspecified atom stereocenters. The zero-order valence-corrected chi connectivity index (χ0v) is 9.54. The number of rotatable bonds is 5. The molecule has 1 aromatic heterocycles. The summed E-state index contributed by atoms with van der Waals surface area (Å²) in [5.41, 5.74) is 2.60. The maximum atomic E-state index is 8.52. The number of nitrogens with one attached hydrogen (secondary N) is 3. The molecular formula is C10H20N4O. The van der Waals surface area contributed by atoms with Gasteiger partial charge in [-0.1, -0.05) is 13.8 Å². The molecule has 0 radical (unpaired) electrons. The molecule has 0 amide bonds. The molecule has 4 N–H and O–H groups in total. The van der Waals surface area contributed by atoms with Crippen LogP contribution in [0, 0.1) is 0 Å². The number of aromatic nitrogens is 1. The van der Waals surface area contributed by atoms with Gasteiger partial charge in [-0.05, 0) is 19.2 Å². The monoisotopic (exact) mass is 212 g/mol. The van der Waals surface area contributed by atoms with Crippen molar-refractivity contribution in [3.8, 4) is 0 Å². The Labute approximate surface area is 90.9 Å². The summed E-state index contributed by atoms with van der Waals surface area (Å²) in [6.45, 7) is 5.72. The van der Waals surface area contributed by atoms with Crippen LogP contribution < -0.4 is 16.1 Å². The molecule has 0 aliphatic heterocycles. The first-order valence-electron chi connectivity index (χ1n) is 5.11. The van der Waals surface area contributed by atoms with E-state index >= 15 is 0 Å². The molecule has 5 heteroatoms. The molecule has 15 heavy (non-hydrogen) atoms. The Hall–Kier alpha value is -1.33. The zero-order chi connectivity index (χ0) is 11.5. The van der Waals surface area contributed by atoms with Crippen LogP contribution >= 0.6 is 0 Å². The van der Waals surface area contributed by atoms with Gasteiger partial charge < -0.3 is 10.6 Å². The second-order valence-corrected chi connectivity index (χ2v) is 2.57. The molecule has 0 aliphatic carbocycles. The van der Waals surface area contributed by atoms with Crippen molar-refractivity contribution in [3.05, 3.63) is 18.3 Å². The standard InChI is InChI=1S/C8H14N4O.C2H6/c1-9-4-5-10-8-3-2-7(12-13)6-11-8;1-2/h2-3,6,9,12-13H,4-5H2,1H3,(H,10,11);1-2H3. The lowest BCUT2D eigenvalue weighted by atomic mass is 10.4. The molecule has 0 spiro atoms. The average molecular weight is 212 g/mol. The molecule has 0 fully saturated rings. The van der Waals surface area contributed by atoms with Gasteiger partial charge in [-0.25, -0.2) is 4.98 Å². The Morgan fingerprint density at radius 3 is 2.47 bits per heavy atom. The van der Waals surface area contributed by atoms with E-state index in [0.29, 0.717) is 5.69 Å². The van der Waals surface area contributed by atoms with Crippen molar-refractivity contribution in [2.24, 2.45) is 0 Å². The van der Waals surface area contributed by atoms with Crippen LogP contribution in [-0.4, -0.2) is 30.3 Å². The summed E-state index contributed by atoms with van der Waals surface area (Å²) < 4.78 is 0. The number of hydrogen-bond donors (Lipinski definition) is 4. The van der Waals surface area contributed by atoms with Crippen LogP contribution in [0.25, 0.3) is 0 Å². The predicted octanol–water partition coefficient (Wildman–Crippen LogP) is 1.54. The second kappa shape index (κ2) is 9.23. The van der Waals surface area contributed by atoms with Crippen molar-refractivity contribution >= 4 is 11.5 Å². The molecule has 1 rings (SSSR count). The number of hydrogen-bond acceptors (Lipinski definition) is 5. The molecule has 0 saturated heterocycles. The highest BCUT2D eigenvalue weighted by molar-refractivity contribution is 5.45. The van der Waals surface area contributed by atoms with E-state index in [9.17, 15) is 0 Å². The number of anilines is 2. The van der Waals surface area contributed by atoms with Crippen LogP contribution in [-0.2, 0) is 0 Å². The third-order valence-corrected chi connectivity index (χ3v) is 1.57. The third kappa shape index (κ3) is 5.87. The quantitative estimate of drug-likeness (QED) is 0.440. The first kappa shape index (κ1) is 13.7. The summed E-state index contributed by atoms with van der Waals surface area (Å²) in [7, 11) is 1.90. The highest BCUT2D eigenvalue weighted by Crippen LogP contribution is 2.07. The maximum absolute atomic E-state index is 8.52. The molecule has 1 heterocycles. The highest BCUT2D eigenvalue weighted by Gasteiger charge is 1.92. The van der Waals surface area contributed by atoms with Gasteiger partial charge in [0, 0.05) is 13.1 Å². The summed E-state index contributed by atoms with van der Waals surface area (Å²) >= 11 is 0. The van der Waals surface area contributed by atoms with Gasteiger partial charge in [-0.15, -0.1) is 0 Å². The molecule has 0 atom stereocenters. The van der Waals surface area contributed by atoms with Crippen molar-refractivity contribution in [2.45, 2.75) is 13.8 Å². The minimum absolute atomic E-state index is 0.583. The van der Waals surface area contributed by atoms with Crippen molar-refractivity contribution in [1.82, 2.24) is 10.3 Å². The Morgan fingerprint density at radius 1 is 1.27 bits per heavy atom. The first-order valence-corrected chi connectivity index (χ1v) is 5.11. The van der Waals surface area contributed by atoms with Crippen LogP contribution in [0.3, 0.4) is 0 Å². The van der Waals surface area contributed by atoms with E-state index in [0.717, 1.165) is 18.9 Å². The Bertz CT molecular complexity index is 238. The van der Waals surface area contributed by atoms with Crippen LogP contribution in [0.4, 0.5) is 11.5 Å². The second-order valence-electron chi connectivity index (χ2n) is 2.57. The molecule has 1 aromatic rings. The Kier molecular flexibility index (Phi) is 8.42. The van der Waals surface area contributed by atoms with Gasteiger partial charge in [0.15, 0.2) is 0 Å². The summed E-state index contributed by atoms with van der Waals surface area (Å²) in [5, 5.41) is 14.7. The predicted molar refractivity (Wildman–Crippen MR) is 63.4 cm³/mol. The van der Waals surface area contributed by atoms with Gasteiger partial charge in [0.1, 0.15) is 5.82 Å². The topological polar surface area (TPSA) is 69.2 Å². The lowest BCUT2D eigenvalue weighted by Gasteiger charge is -2.05. The lowest BCUT2D eigenvalue weighted by Crippen LogP contribution is -2.18. The molecule has 0 aromatic carbocycles. The fourth-order valence-electron chi connectivity index (χ4n) is 0.880. The summed E-state index contributed by atoms with van der Waals surface area (Å²) in [6.07, 6.45) is 1.56. The Morgan fingerprint density at radius 2 is 2.00 bits per heavy atom. The third-order valence-electron chi connectivity index (χ3n) is 1.57. The normalized spacial score (nSPS) is 8.80. The summed E-state index contributed by atoms with van der Waals surface area (Å²) in [6, 6.07) is 3.54. The number of nitrogens with zero attached hydrogens (tertiary/aromatic N) is 1. The Balaban J connectivity index is 0.000000921. The van der Waals surface area contributed by atoms with Crippen LogP contribution in [0.2, 0.25) is 0 Å². The van der Waals surface area contributed by atoms with Gasteiger partial charge in [0.05, 0.1) is 11.9 Å². The zero-order valence-electron chi connectivity index (χ0n) is 9.54. The lowest BCUT2D eigenvalue weighted by molar-refractivity contribution is 0.388. The average Bonchev–Trinajstić information content (AvgIpc) is 2.33. The van der Waals surface area contributed by atoms with Crippen molar-refractivity contribution in [2.75, 3.05) is 30.9 Å². The van der Waals surface area contributed by atoms with Crippen LogP contribution in [0.5, 0.6) is 0 Å². The summed E-state index contributed by atoms with van der Waals surface area (Å²) in [4.78, 5) is 4.06. The van der Waals surface area contributed by atoms with E-state index in [1.54, 1.807) is 18.3 Å². The van der Waals surface area contributed by atoms with Gasteiger partial charge >= 0.3 is 0 Å². The van der Waals surface area contributed by atoms with Crippen molar-refractivity contribution in [1.29, 1.82) is 0 Å². The van der Waals surface area contributed by atoms with Gasteiger partial charge in [-0.2, -0.15) is 0 Å². The van der Waals surface area contributed by atoms with E-state index < -0.39 is 0 Å². The van der Waals surface area contributed by atoms with Crippen molar-refractivity contribution < 1.29 is 5.21 Å². The van der Waals surface area contributed by atoms with Gasteiger partial charge in [0.25, 0.3) is 0 Å². The SMILES string of the molecule is CC.CNCCNc1ccc(NO)cn1. The molecule has 0 saturated carbocycles. The van der Waals surface area contributed by atoms with E-state index in [4.69, 9.17) is 5.21 Å². The van der Waals surface area contributed by atoms with E-state index in [1.807, 2.05) is 26.4 Å². The van der Waals surface area contributed by atoms with Gasteiger partial charge in [0.2, 0.25) is 0 Å². The van der Waals surface area contributed by atoms with Crippen LogP contribution in [0.15, 0.2) is 18.3 Å². The first-order chi connectivity index (χ1) is 7.36. The van der Waals surface area contributed by atoms with E-state index in [-0.39, 0.29) is 0 Å². The number of pyridine rings is 1. The fraction of sp³-hybridized carbons (Fsp3) is 0.500. The molecular weight excluding hydrogens is 192 g/mol. The highest BCUT2D eigenvalue weighted by atomic mass is 16.5. The maximum Gasteiger partial charge on any atom is 0.126 e. The summed E-state index contributed by atoms with van der Waals surface area (Å²) in [5.74, 6) is 0.800. The molecule has 0 bridgehead atoms. The minimum Gasteiger partial charge on any atom is -0.369 e. The van der Waals surface area contributed by atoms with Gasteiger partial charge in [-0.3, -0.25) is 10.7 Å².